The first-order valence-corrected chi connectivity index (χ1v) is 6.71. The molecule has 1 atom stereocenters. The summed E-state index contributed by atoms with van der Waals surface area (Å²) < 4.78 is 5.15. The van der Waals surface area contributed by atoms with Gasteiger partial charge in [-0.3, -0.25) is 4.79 Å². The Bertz CT molecular complexity index is 525. The lowest BCUT2D eigenvalue weighted by atomic mass is 10.4. The molecule has 100 valence electrons. The van der Waals surface area contributed by atoms with Crippen molar-refractivity contribution in [2.45, 2.75) is 23.7 Å². The van der Waals surface area contributed by atoms with Crippen LogP contribution in [0.1, 0.15) is 12.7 Å². The Labute approximate surface area is 115 Å². The quantitative estimate of drug-likeness (QED) is 0.817. The van der Waals surface area contributed by atoms with Crippen molar-refractivity contribution in [3.63, 3.8) is 0 Å². The van der Waals surface area contributed by atoms with Crippen LogP contribution in [0.2, 0.25) is 0 Å². The number of pyridine rings is 1. The smallest absolute Gasteiger partial charge is 0.233 e. The number of furan rings is 1. The van der Waals surface area contributed by atoms with Crippen molar-refractivity contribution in [2.24, 2.45) is 0 Å². The highest BCUT2D eigenvalue weighted by Gasteiger charge is 2.14. The first-order chi connectivity index (χ1) is 9.15. The molecule has 0 saturated carbocycles. The molecule has 0 fully saturated rings. The van der Waals surface area contributed by atoms with Gasteiger partial charge in [0.2, 0.25) is 5.91 Å². The second-order valence-electron chi connectivity index (χ2n) is 3.99. The van der Waals surface area contributed by atoms with Crippen LogP contribution in [0.25, 0.3) is 0 Å². The Morgan fingerprint density at radius 2 is 2.37 bits per heavy atom. The Balaban J connectivity index is 1.83. The number of nitrogens with one attached hydrogen (secondary N) is 1. The van der Waals surface area contributed by atoms with Gasteiger partial charge in [-0.15, -0.1) is 0 Å². The van der Waals surface area contributed by atoms with E-state index in [1.807, 2.05) is 13.0 Å². The van der Waals surface area contributed by atoms with E-state index in [9.17, 15) is 4.79 Å². The van der Waals surface area contributed by atoms with Crippen molar-refractivity contribution in [2.75, 3.05) is 5.73 Å². The number of nitrogens with zero attached hydrogens (tertiary/aromatic N) is 1. The van der Waals surface area contributed by atoms with Gasteiger partial charge in [-0.25, -0.2) is 4.98 Å². The van der Waals surface area contributed by atoms with E-state index in [1.165, 1.54) is 11.8 Å². The number of rotatable bonds is 5. The van der Waals surface area contributed by atoms with Crippen molar-refractivity contribution in [1.82, 2.24) is 10.3 Å². The fraction of sp³-hybridized carbons (Fsp3) is 0.231. The molecule has 0 aliphatic rings. The second-order valence-corrected chi connectivity index (χ2v) is 5.35. The Kier molecular flexibility index (Phi) is 4.46. The molecule has 0 aromatic carbocycles. The summed E-state index contributed by atoms with van der Waals surface area (Å²) in [4.78, 5) is 16.0. The zero-order chi connectivity index (χ0) is 13.7. The van der Waals surface area contributed by atoms with Gasteiger partial charge in [-0.05, 0) is 31.2 Å². The summed E-state index contributed by atoms with van der Waals surface area (Å²) >= 11 is 1.39. The number of hydrogen-bond donors (Lipinski definition) is 2. The van der Waals surface area contributed by atoms with Crippen molar-refractivity contribution < 1.29 is 9.21 Å². The van der Waals surface area contributed by atoms with Crippen LogP contribution < -0.4 is 11.1 Å². The minimum absolute atomic E-state index is 0.0555. The predicted octanol–water partition coefficient (Wildman–Crippen LogP) is 2.05. The third-order valence-electron chi connectivity index (χ3n) is 2.44. The van der Waals surface area contributed by atoms with Crippen LogP contribution in [0.5, 0.6) is 0 Å². The maximum Gasteiger partial charge on any atom is 0.233 e. The second kappa shape index (κ2) is 6.29. The highest BCUT2D eigenvalue weighted by Crippen LogP contribution is 2.21. The van der Waals surface area contributed by atoms with Crippen molar-refractivity contribution >= 4 is 23.4 Å². The van der Waals surface area contributed by atoms with Gasteiger partial charge in [-0.2, -0.15) is 0 Å². The molecule has 1 amide bonds. The number of amides is 1. The molecule has 2 rings (SSSR count). The molecule has 3 N–H and O–H groups in total. The van der Waals surface area contributed by atoms with E-state index in [1.54, 1.807) is 30.7 Å². The first kappa shape index (κ1) is 13.5. The van der Waals surface area contributed by atoms with Gasteiger partial charge < -0.3 is 15.5 Å². The summed E-state index contributed by atoms with van der Waals surface area (Å²) in [5.74, 6) is 0.677. The number of carbonyl (C=O) groups excluding carboxylic acids is 1. The Morgan fingerprint density at radius 1 is 1.53 bits per heavy atom. The maximum absolute atomic E-state index is 11.9. The van der Waals surface area contributed by atoms with Crippen LogP contribution in [0.3, 0.4) is 0 Å². The minimum Gasteiger partial charge on any atom is -0.467 e. The highest BCUT2D eigenvalue weighted by atomic mass is 32.2. The van der Waals surface area contributed by atoms with Crippen LogP contribution in [0, 0.1) is 0 Å². The van der Waals surface area contributed by atoms with E-state index < -0.39 is 0 Å². The molecule has 0 radical (unpaired) electrons. The molecule has 2 aromatic rings. The number of aromatic nitrogens is 1. The highest BCUT2D eigenvalue weighted by molar-refractivity contribution is 8.00. The molecule has 6 heteroatoms. The lowest BCUT2D eigenvalue weighted by Gasteiger charge is -2.10. The van der Waals surface area contributed by atoms with E-state index in [2.05, 4.69) is 10.3 Å². The number of hydrogen-bond acceptors (Lipinski definition) is 5. The molecule has 0 spiro atoms. The molecule has 19 heavy (non-hydrogen) atoms. The lowest BCUT2D eigenvalue weighted by Crippen LogP contribution is -2.30. The fourth-order valence-corrected chi connectivity index (χ4v) is 2.24. The molecule has 0 aliphatic heterocycles. The number of anilines is 1. The van der Waals surface area contributed by atoms with Gasteiger partial charge in [0, 0.05) is 0 Å². The number of thioether (sulfide) groups is 1. The van der Waals surface area contributed by atoms with Crippen LogP contribution in [0.4, 0.5) is 5.69 Å². The van der Waals surface area contributed by atoms with Gasteiger partial charge >= 0.3 is 0 Å². The van der Waals surface area contributed by atoms with E-state index >= 15 is 0 Å². The summed E-state index contributed by atoms with van der Waals surface area (Å²) in [6.07, 6.45) is 3.16. The largest absolute Gasteiger partial charge is 0.467 e. The maximum atomic E-state index is 11.9. The zero-order valence-corrected chi connectivity index (χ0v) is 11.3. The van der Waals surface area contributed by atoms with Gasteiger partial charge in [0.1, 0.15) is 5.76 Å². The van der Waals surface area contributed by atoms with Crippen LogP contribution >= 0.6 is 11.8 Å². The molecular formula is C13H15N3O2S. The third-order valence-corrected chi connectivity index (χ3v) is 3.49. The number of nitrogens with two attached hydrogens (primary N) is 1. The van der Waals surface area contributed by atoms with Crippen LogP contribution in [0.15, 0.2) is 46.2 Å². The average Bonchev–Trinajstić information content (AvgIpc) is 2.91. The molecule has 0 bridgehead atoms. The van der Waals surface area contributed by atoms with Gasteiger partial charge in [0.15, 0.2) is 0 Å². The first-order valence-electron chi connectivity index (χ1n) is 5.83. The summed E-state index contributed by atoms with van der Waals surface area (Å²) in [5.41, 5.74) is 6.17. The van der Waals surface area contributed by atoms with E-state index in [4.69, 9.17) is 10.2 Å². The van der Waals surface area contributed by atoms with Gasteiger partial charge in [0.05, 0.1) is 35.0 Å². The normalized spacial score (nSPS) is 12.1. The molecule has 1 unspecified atom stereocenters. The summed E-state index contributed by atoms with van der Waals surface area (Å²) in [6, 6.07) is 7.18. The molecule has 5 nitrogen and oxygen atoms in total. The van der Waals surface area contributed by atoms with Crippen molar-refractivity contribution in [3.8, 4) is 0 Å². The summed E-state index contributed by atoms with van der Waals surface area (Å²) in [5, 5.41) is 3.35. The predicted molar refractivity (Wildman–Crippen MR) is 74.5 cm³/mol. The lowest BCUT2D eigenvalue weighted by molar-refractivity contribution is -0.120. The molecule has 2 heterocycles. The topological polar surface area (TPSA) is 81.1 Å². The van der Waals surface area contributed by atoms with Crippen molar-refractivity contribution in [1.29, 1.82) is 0 Å². The van der Waals surface area contributed by atoms with E-state index in [0.717, 1.165) is 10.8 Å². The average molecular weight is 277 g/mol. The van der Waals surface area contributed by atoms with Crippen molar-refractivity contribution in [3.05, 3.63) is 42.5 Å². The minimum atomic E-state index is -0.230. The molecule has 2 aromatic heterocycles. The SMILES string of the molecule is CC(Sc1ccc(N)cn1)C(=O)NCc1ccco1. The van der Waals surface area contributed by atoms with Gasteiger partial charge in [-0.1, -0.05) is 11.8 Å². The van der Waals surface area contributed by atoms with Gasteiger partial charge in [0.25, 0.3) is 0 Å². The van der Waals surface area contributed by atoms with E-state index in [-0.39, 0.29) is 11.2 Å². The summed E-state index contributed by atoms with van der Waals surface area (Å²) in [7, 11) is 0. The monoisotopic (exact) mass is 277 g/mol. The standard InChI is InChI=1S/C13H15N3O2S/c1-9(19-12-5-4-10(14)7-15-12)13(17)16-8-11-3-2-6-18-11/h2-7,9H,8,14H2,1H3,(H,16,17). The molecule has 0 aliphatic carbocycles. The third kappa shape index (κ3) is 4.03. The number of carbonyl (C=O) groups is 1. The molecule has 0 saturated heterocycles. The summed E-state index contributed by atoms with van der Waals surface area (Å²) in [6.45, 7) is 2.23. The Hall–Kier alpha value is -1.95. The molecular weight excluding hydrogens is 262 g/mol. The fourth-order valence-electron chi connectivity index (χ4n) is 1.43. The van der Waals surface area contributed by atoms with E-state index in [0.29, 0.717) is 12.2 Å². The number of nitrogen functional groups attached to an aromatic ring is 1. The Morgan fingerprint density at radius 3 is 3.00 bits per heavy atom. The zero-order valence-electron chi connectivity index (χ0n) is 10.5. The van der Waals surface area contributed by atoms with Crippen LogP contribution in [-0.2, 0) is 11.3 Å². The van der Waals surface area contributed by atoms with Crippen LogP contribution in [-0.4, -0.2) is 16.1 Å².